The molecule has 2 aromatic rings. The summed E-state index contributed by atoms with van der Waals surface area (Å²) in [4.78, 5) is 2.42. The molecular weight excluding hydrogens is 229 g/mol. The van der Waals surface area contributed by atoms with Crippen molar-refractivity contribution in [2.45, 2.75) is 25.4 Å². The fraction of sp³-hybridized carbons (Fsp3) is 0.357. The summed E-state index contributed by atoms with van der Waals surface area (Å²) in [5.74, 6) is -0.176. The second-order valence-electron chi connectivity index (χ2n) is 4.77. The summed E-state index contributed by atoms with van der Waals surface area (Å²) < 4.78 is 12.9. The molecule has 1 aromatic carbocycles. The number of aromatic nitrogens is 2. The molecule has 3 nitrogen and oxygen atoms in total. The van der Waals surface area contributed by atoms with Crippen LogP contribution in [0.3, 0.4) is 0 Å². The third-order valence-corrected chi connectivity index (χ3v) is 3.54. The molecule has 1 aliphatic heterocycles. The normalized spacial score (nSPS) is 20.4. The van der Waals surface area contributed by atoms with Crippen LogP contribution in [0.1, 0.15) is 30.1 Å². The molecule has 1 saturated heterocycles. The molecule has 0 spiro atoms. The molecule has 18 heavy (non-hydrogen) atoms. The van der Waals surface area contributed by atoms with Gasteiger partial charge in [-0.05, 0) is 43.1 Å². The van der Waals surface area contributed by atoms with Crippen LogP contribution in [0.4, 0.5) is 4.39 Å². The maximum atomic E-state index is 12.9. The molecule has 94 valence electrons. The summed E-state index contributed by atoms with van der Waals surface area (Å²) in [6, 6.07) is 9.22. The molecule has 0 aliphatic carbocycles. The quantitative estimate of drug-likeness (QED) is 0.901. The molecule has 1 atom stereocenters. The van der Waals surface area contributed by atoms with Gasteiger partial charge in [0, 0.05) is 12.7 Å². The Balaban J connectivity index is 1.73. The predicted octanol–water partition coefficient (Wildman–Crippen LogP) is 2.89. The molecular formula is C14H16FN3. The summed E-state index contributed by atoms with van der Waals surface area (Å²) in [7, 11) is 0. The Morgan fingerprint density at radius 2 is 2.11 bits per heavy atom. The first-order valence-electron chi connectivity index (χ1n) is 6.31. The number of nitrogens with one attached hydrogen (secondary N) is 1. The summed E-state index contributed by atoms with van der Waals surface area (Å²) in [5, 5.41) is 7.07. The molecule has 1 unspecified atom stereocenters. The Kier molecular flexibility index (Phi) is 3.11. The highest BCUT2D eigenvalue weighted by Crippen LogP contribution is 2.31. The number of halogens is 1. The number of aromatic amines is 1. The number of hydrogen-bond acceptors (Lipinski definition) is 2. The van der Waals surface area contributed by atoms with Crippen LogP contribution in [0.25, 0.3) is 0 Å². The van der Waals surface area contributed by atoms with Gasteiger partial charge in [-0.1, -0.05) is 12.1 Å². The van der Waals surface area contributed by atoms with Gasteiger partial charge in [-0.25, -0.2) is 4.39 Å². The van der Waals surface area contributed by atoms with Crippen molar-refractivity contribution in [3.63, 3.8) is 0 Å². The van der Waals surface area contributed by atoms with Crippen LogP contribution in [-0.4, -0.2) is 21.6 Å². The Morgan fingerprint density at radius 3 is 2.83 bits per heavy atom. The predicted molar refractivity (Wildman–Crippen MR) is 67.4 cm³/mol. The molecule has 0 saturated carbocycles. The third kappa shape index (κ3) is 2.29. The first-order chi connectivity index (χ1) is 8.83. The number of nitrogens with zero attached hydrogens (tertiary/aromatic N) is 2. The number of hydrogen-bond donors (Lipinski definition) is 1. The Hall–Kier alpha value is -1.68. The highest BCUT2D eigenvalue weighted by molar-refractivity contribution is 5.17. The lowest BCUT2D eigenvalue weighted by molar-refractivity contribution is 0.244. The van der Waals surface area contributed by atoms with Gasteiger partial charge in [0.15, 0.2) is 0 Å². The van der Waals surface area contributed by atoms with Gasteiger partial charge in [0.25, 0.3) is 0 Å². The number of likely N-dealkylation sites (tertiary alicyclic amines) is 1. The SMILES string of the molecule is Fc1ccc(CN2CCCC2c2ccn[nH]2)cc1. The lowest BCUT2D eigenvalue weighted by Gasteiger charge is -2.23. The van der Waals surface area contributed by atoms with Gasteiger partial charge in [0.1, 0.15) is 5.82 Å². The highest BCUT2D eigenvalue weighted by Gasteiger charge is 2.26. The highest BCUT2D eigenvalue weighted by atomic mass is 19.1. The second-order valence-corrected chi connectivity index (χ2v) is 4.77. The van der Waals surface area contributed by atoms with Gasteiger partial charge in [-0.3, -0.25) is 10.00 Å². The van der Waals surface area contributed by atoms with Crippen LogP contribution in [0.2, 0.25) is 0 Å². The molecule has 2 heterocycles. The molecule has 3 rings (SSSR count). The van der Waals surface area contributed by atoms with Crippen molar-refractivity contribution in [3.8, 4) is 0 Å². The van der Waals surface area contributed by atoms with Crippen molar-refractivity contribution in [2.24, 2.45) is 0 Å². The maximum absolute atomic E-state index is 12.9. The van der Waals surface area contributed by atoms with Crippen LogP contribution >= 0.6 is 0 Å². The largest absolute Gasteiger partial charge is 0.291 e. The lowest BCUT2D eigenvalue weighted by atomic mass is 10.1. The Bertz CT molecular complexity index is 492. The molecule has 1 N–H and O–H groups in total. The molecule has 1 aliphatic rings. The minimum Gasteiger partial charge on any atom is -0.291 e. The van der Waals surface area contributed by atoms with Crippen molar-refractivity contribution in [1.29, 1.82) is 0 Å². The zero-order valence-electron chi connectivity index (χ0n) is 10.1. The fourth-order valence-electron chi connectivity index (χ4n) is 2.64. The van der Waals surface area contributed by atoms with Crippen LogP contribution in [0.5, 0.6) is 0 Å². The van der Waals surface area contributed by atoms with Gasteiger partial charge < -0.3 is 0 Å². The average Bonchev–Trinajstić information content (AvgIpc) is 3.02. The average molecular weight is 245 g/mol. The summed E-state index contributed by atoms with van der Waals surface area (Å²) in [5.41, 5.74) is 2.33. The van der Waals surface area contributed by atoms with E-state index in [4.69, 9.17) is 0 Å². The Morgan fingerprint density at radius 1 is 1.28 bits per heavy atom. The molecule has 4 heteroatoms. The third-order valence-electron chi connectivity index (χ3n) is 3.54. The summed E-state index contributed by atoms with van der Waals surface area (Å²) in [6.07, 6.45) is 4.15. The van der Waals surface area contributed by atoms with Crippen LogP contribution in [0, 0.1) is 5.82 Å². The van der Waals surface area contributed by atoms with Crippen molar-refractivity contribution in [2.75, 3.05) is 6.54 Å². The Labute approximate surface area is 106 Å². The smallest absolute Gasteiger partial charge is 0.123 e. The summed E-state index contributed by atoms with van der Waals surface area (Å²) in [6.45, 7) is 1.95. The van der Waals surface area contributed by atoms with Crippen LogP contribution < -0.4 is 0 Å². The van der Waals surface area contributed by atoms with E-state index in [9.17, 15) is 4.39 Å². The van der Waals surface area contributed by atoms with E-state index in [-0.39, 0.29) is 5.82 Å². The van der Waals surface area contributed by atoms with Crippen molar-refractivity contribution < 1.29 is 4.39 Å². The van der Waals surface area contributed by atoms with Crippen LogP contribution in [-0.2, 0) is 6.54 Å². The zero-order valence-corrected chi connectivity index (χ0v) is 10.1. The zero-order chi connectivity index (χ0) is 12.4. The minimum atomic E-state index is -0.176. The van der Waals surface area contributed by atoms with E-state index in [0.717, 1.165) is 25.1 Å². The van der Waals surface area contributed by atoms with Crippen LogP contribution in [0.15, 0.2) is 36.5 Å². The molecule has 1 aromatic heterocycles. The van der Waals surface area contributed by atoms with E-state index in [2.05, 4.69) is 15.1 Å². The second kappa shape index (κ2) is 4.90. The van der Waals surface area contributed by atoms with E-state index >= 15 is 0 Å². The van der Waals surface area contributed by atoms with Gasteiger partial charge >= 0.3 is 0 Å². The van der Waals surface area contributed by atoms with E-state index < -0.39 is 0 Å². The van der Waals surface area contributed by atoms with Gasteiger partial charge in [-0.15, -0.1) is 0 Å². The van der Waals surface area contributed by atoms with Gasteiger partial charge in [-0.2, -0.15) is 5.10 Å². The van der Waals surface area contributed by atoms with Crippen molar-refractivity contribution >= 4 is 0 Å². The maximum Gasteiger partial charge on any atom is 0.123 e. The first-order valence-corrected chi connectivity index (χ1v) is 6.31. The topological polar surface area (TPSA) is 31.9 Å². The van der Waals surface area contributed by atoms with Crippen molar-refractivity contribution in [1.82, 2.24) is 15.1 Å². The standard InChI is InChI=1S/C14H16FN3/c15-12-5-3-11(4-6-12)10-18-9-1-2-14(18)13-7-8-16-17-13/h3-8,14H,1-2,9-10H2,(H,16,17). The minimum absolute atomic E-state index is 0.176. The fourth-order valence-corrected chi connectivity index (χ4v) is 2.64. The van der Waals surface area contributed by atoms with E-state index in [1.807, 2.05) is 18.2 Å². The van der Waals surface area contributed by atoms with Gasteiger partial charge in [0.05, 0.1) is 11.7 Å². The van der Waals surface area contributed by atoms with E-state index in [1.165, 1.54) is 24.2 Å². The molecule has 1 fully saturated rings. The number of rotatable bonds is 3. The van der Waals surface area contributed by atoms with E-state index in [1.54, 1.807) is 6.20 Å². The molecule has 0 amide bonds. The van der Waals surface area contributed by atoms with Crippen molar-refractivity contribution in [3.05, 3.63) is 53.6 Å². The monoisotopic (exact) mass is 245 g/mol. The van der Waals surface area contributed by atoms with E-state index in [0.29, 0.717) is 6.04 Å². The number of benzene rings is 1. The van der Waals surface area contributed by atoms with Gasteiger partial charge in [0.2, 0.25) is 0 Å². The number of H-pyrrole nitrogens is 1. The molecule has 0 radical (unpaired) electrons. The molecule has 0 bridgehead atoms. The lowest BCUT2D eigenvalue weighted by Crippen LogP contribution is -2.23. The first kappa shape index (κ1) is 11.4. The summed E-state index contributed by atoms with van der Waals surface area (Å²) >= 11 is 0.